The minimum Gasteiger partial charge on any atom is -0.355 e. The number of fused-ring (bicyclic) bond motifs is 3. The Balaban J connectivity index is 1.47. The third kappa shape index (κ3) is 2.83. The minimum atomic E-state index is -3.42. The number of rotatable bonds is 4. The van der Waals surface area contributed by atoms with E-state index < -0.39 is 14.6 Å². The summed E-state index contributed by atoms with van der Waals surface area (Å²) in [7, 11) is -3.42. The standard InChI is InChI=1S/C24H23N3O2S2/c1-14-17-10-20-18(11-23(17)31(28,29)24(14,2)12-15-3-4-15)19(7-8-25-20)27-16-5-6-22-21(9-16)26-13-30-22/h5-11,13-15H,3-4,12H2,1-2H3,(H,25,27). The lowest BCUT2D eigenvalue weighted by molar-refractivity contribution is 0.448. The molecule has 7 heteroatoms. The molecule has 3 heterocycles. The van der Waals surface area contributed by atoms with Crippen molar-refractivity contribution in [1.82, 2.24) is 9.97 Å². The van der Waals surface area contributed by atoms with Gasteiger partial charge in [-0.1, -0.05) is 19.8 Å². The highest BCUT2D eigenvalue weighted by Crippen LogP contribution is 2.54. The van der Waals surface area contributed by atoms with E-state index >= 15 is 0 Å². The van der Waals surface area contributed by atoms with Crippen LogP contribution in [0.25, 0.3) is 21.1 Å². The van der Waals surface area contributed by atoms with Gasteiger partial charge in [0.05, 0.1) is 30.9 Å². The molecule has 2 unspecified atom stereocenters. The number of sulfone groups is 1. The second kappa shape index (κ2) is 6.50. The molecule has 1 aliphatic heterocycles. The Morgan fingerprint density at radius 1 is 1.13 bits per heavy atom. The summed E-state index contributed by atoms with van der Waals surface area (Å²) in [5.74, 6) is 0.505. The van der Waals surface area contributed by atoms with Crippen molar-refractivity contribution in [3.05, 3.63) is 53.7 Å². The molecule has 2 aromatic heterocycles. The average molecular weight is 450 g/mol. The quantitative estimate of drug-likeness (QED) is 0.411. The van der Waals surface area contributed by atoms with Crippen LogP contribution in [0.3, 0.4) is 0 Å². The number of hydrogen-bond donors (Lipinski definition) is 1. The zero-order chi connectivity index (χ0) is 21.4. The van der Waals surface area contributed by atoms with Gasteiger partial charge in [0.15, 0.2) is 9.84 Å². The lowest BCUT2D eigenvalue weighted by Gasteiger charge is -2.28. The van der Waals surface area contributed by atoms with Crippen molar-refractivity contribution < 1.29 is 8.42 Å². The number of aromatic nitrogens is 2. The molecule has 0 radical (unpaired) electrons. The molecular weight excluding hydrogens is 426 g/mol. The molecule has 0 amide bonds. The van der Waals surface area contributed by atoms with Gasteiger partial charge in [-0.3, -0.25) is 4.98 Å². The second-order valence-electron chi connectivity index (χ2n) is 9.11. The molecule has 0 spiro atoms. The number of hydrogen-bond acceptors (Lipinski definition) is 6. The Morgan fingerprint density at radius 3 is 2.77 bits per heavy atom. The largest absolute Gasteiger partial charge is 0.355 e. The summed E-state index contributed by atoms with van der Waals surface area (Å²) in [5.41, 5.74) is 6.27. The van der Waals surface area contributed by atoms with Crippen LogP contribution in [-0.2, 0) is 9.84 Å². The van der Waals surface area contributed by atoms with Crippen molar-refractivity contribution in [1.29, 1.82) is 0 Å². The molecule has 6 rings (SSSR count). The summed E-state index contributed by atoms with van der Waals surface area (Å²) in [4.78, 5) is 9.42. The predicted octanol–water partition coefficient (Wildman–Crippen LogP) is 6.04. The van der Waals surface area contributed by atoms with Gasteiger partial charge in [0, 0.05) is 28.9 Å². The first-order chi connectivity index (χ1) is 14.9. The maximum absolute atomic E-state index is 13.7. The van der Waals surface area contributed by atoms with E-state index in [4.69, 9.17) is 0 Å². The van der Waals surface area contributed by atoms with Gasteiger partial charge < -0.3 is 5.32 Å². The van der Waals surface area contributed by atoms with Crippen LogP contribution in [0, 0.1) is 5.92 Å². The predicted molar refractivity (Wildman–Crippen MR) is 126 cm³/mol. The molecule has 0 saturated heterocycles. The monoisotopic (exact) mass is 449 g/mol. The molecule has 2 aliphatic rings. The second-order valence-corrected chi connectivity index (χ2v) is 12.4. The van der Waals surface area contributed by atoms with Crippen LogP contribution in [0.4, 0.5) is 11.4 Å². The SMILES string of the molecule is CC1c2cc3nccc(Nc4ccc5scnc5c4)c3cc2S(=O)(=O)C1(C)CC1CC1. The first kappa shape index (κ1) is 19.2. The van der Waals surface area contributed by atoms with Crippen LogP contribution in [0.2, 0.25) is 0 Å². The molecule has 0 bridgehead atoms. The average Bonchev–Trinajstić information content (AvgIpc) is 3.41. The molecule has 2 aromatic carbocycles. The number of nitrogens with zero attached hydrogens (tertiary/aromatic N) is 2. The first-order valence-corrected chi connectivity index (χ1v) is 13.0. The normalized spacial score (nSPS) is 24.5. The van der Waals surface area contributed by atoms with Crippen molar-refractivity contribution in [2.24, 2.45) is 5.92 Å². The van der Waals surface area contributed by atoms with Crippen molar-refractivity contribution in [2.45, 2.75) is 48.7 Å². The topological polar surface area (TPSA) is 72.0 Å². The molecule has 2 atom stereocenters. The van der Waals surface area contributed by atoms with Crippen LogP contribution in [0.15, 0.2) is 53.0 Å². The number of pyridine rings is 1. The molecule has 158 valence electrons. The lowest BCUT2D eigenvalue weighted by atomic mass is 9.84. The van der Waals surface area contributed by atoms with E-state index in [9.17, 15) is 8.42 Å². The van der Waals surface area contributed by atoms with Crippen molar-refractivity contribution >= 4 is 53.7 Å². The van der Waals surface area contributed by atoms with E-state index in [2.05, 4.69) is 22.2 Å². The Morgan fingerprint density at radius 2 is 1.97 bits per heavy atom. The van der Waals surface area contributed by atoms with Crippen LogP contribution >= 0.6 is 11.3 Å². The molecule has 1 N–H and O–H groups in total. The molecule has 5 nitrogen and oxygen atoms in total. The first-order valence-electron chi connectivity index (χ1n) is 10.6. The molecule has 1 fully saturated rings. The fourth-order valence-electron chi connectivity index (χ4n) is 4.95. The highest BCUT2D eigenvalue weighted by Gasteiger charge is 2.54. The molecule has 4 aromatic rings. The van der Waals surface area contributed by atoms with E-state index in [0.29, 0.717) is 10.8 Å². The maximum atomic E-state index is 13.7. The molecule has 1 aliphatic carbocycles. The van der Waals surface area contributed by atoms with Crippen LogP contribution < -0.4 is 5.32 Å². The summed E-state index contributed by atoms with van der Waals surface area (Å²) in [6.07, 6.45) is 4.81. The van der Waals surface area contributed by atoms with Crippen LogP contribution in [-0.4, -0.2) is 23.1 Å². The van der Waals surface area contributed by atoms with Gasteiger partial charge in [-0.05, 0) is 61.2 Å². The molecule has 1 saturated carbocycles. The van der Waals surface area contributed by atoms with Gasteiger partial charge in [0.25, 0.3) is 0 Å². The van der Waals surface area contributed by atoms with Gasteiger partial charge in [-0.25, -0.2) is 13.4 Å². The van der Waals surface area contributed by atoms with E-state index in [-0.39, 0.29) is 5.92 Å². The number of thiazole rings is 1. The van der Waals surface area contributed by atoms with Gasteiger partial charge in [0.2, 0.25) is 0 Å². The van der Waals surface area contributed by atoms with Crippen molar-refractivity contribution in [3.8, 4) is 0 Å². The zero-order valence-electron chi connectivity index (χ0n) is 17.4. The summed E-state index contributed by atoms with van der Waals surface area (Å²) in [5, 5.41) is 4.28. The number of anilines is 2. The summed E-state index contributed by atoms with van der Waals surface area (Å²) < 4.78 is 27.7. The molecular formula is C24H23N3O2S2. The van der Waals surface area contributed by atoms with Crippen LogP contribution in [0.1, 0.15) is 44.6 Å². The van der Waals surface area contributed by atoms with Crippen molar-refractivity contribution in [2.75, 3.05) is 5.32 Å². The molecule has 31 heavy (non-hydrogen) atoms. The Hall–Kier alpha value is -2.51. The highest BCUT2D eigenvalue weighted by molar-refractivity contribution is 7.93. The zero-order valence-corrected chi connectivity index (χ0v) is 19.1. The van der Waals surface area contributed by atoms with Crippen molar-refractivity contribution in [3.63, 3.8) is 0 Å². The van der Waals surface area contributed by atoms with Gasteiger partial charge in [0.1, 0.15) is 0 Å². The third-order valence-electron chi connectivity index (χ3n) is 7.16. The Kier molecular flexibility index (Phi) is 4.02. The van der Waals surface area contributed by atoms with Gasteiger partial charge in [-0.15, -0.1) is 11.3 Å². The third-order valence-corrected chi connectivity index (χ3v) is 10.6. The van der Waals surface area contributed by atoms with Gasteiger partial charge >= 0.3 is 0 Å². The van der Waals surface area contributed by atoms with Crippen LogP contribution in [0.5, 0.6) is 0 Å². The smallest absolute Gasteiger partial charge is 0.184 e. The van der Waals surface area contributed by atoms with E-state index in [1.807, 2.05) is 48.8 Å². The number of benzene rings is 2. The van der Waals surface area contributed by atoms with E-state index in [1.165, 1.54) is 0 Å². The summed E-state index contributed by atoms with van der Waals surface area (Å²) in [6.45, 7) is 3.99. The summed E-state index contributed by atoms with van der Waals surface area (Å²) in [6, 6.07) is 11.8. The minimum absolute atomic E-state index is 0.0389. The lowest BCUT2D eigenvalue weighted by Crippen LogP contribution is -2.35. The van der Waals surface area contributed by atoms with E-state index in [1.54, 1.807) is 17.5 Å². The number of nitrogens with one attached hydrogen (secondary N) is 1. The van der Waals surface area contributed by atoms with Gasteiger partial charge in [-0.2, -0.15) is 0 Å². The Bertz CT molecular complexity index is 1460. The maximum Gasteiger partial charge on any atom is 0.184 e. The Labute approximate surface area is 185 Å². The fourth-order valence-corrected chi connectivity index (χ4v) is 7.98. The fraction of sp³-hybridized carbons (Fsp3) is 0.333. The summed E-state index contributed by atoms with van der Waals surface area (Å²) >= 11 is 1.61. The van der Waals surface area contributed by atoms with E-state index in [0.717, 1.165) is 57.3 Å². The highest BCUT2D eigenvalue weighted by atomic mass is 32.2.